The minimum Gasteiger partial charge on any atom is -0.330 e. The Kier molecular flexibility index (Phi) is 4.30. The van der Waals surface area contributed by atoms with Gasteiger partial charge in [0.15, 0.2) is 5.78 Å². The lowest BCUT2D eigenvalue weighted by molar-refractivity contribution is 0.103. The summed E-state index contributed by atoms with van der Waals surface area (Å²) in [5, 5.41) is 0.118. The van der Waals surface area contributed by atoms with Gasteiger partial charge in [-0.25, -0.2) is 4.39 Å². The monoisotopic (exact) mass is 277 g/mol. The molecular weight excluding hydrogens is 265 g/mol. The Labute approximate surface area is 116 Å². The van der Waals surface area contributed by atoms with Gasteiger partial charge < -0.3 is 5.73 Å². The fourth-order valence-electron chi connectivity index (χ4n) is 1.96. The first kappa shape index (κ1) is 13.7. The van der Waals surface area contributed by atoms with Gasteiger partial charge in [-0.3, -0.25) is 4.79 Å². The molecule has 0 fully saturated rings. The Balaban J connectivity index is 2.50. The van der Waals surface area contributed by atoms with Crippen molar-refractivity contribution in [2.45, 2.75) is 6.42 Å². The highest BCUT2D eigenvalue weighted by atomic mass is 35.5. The molecule has 0 aromatic heterocycles. The van der Waals surface area contributed by atoms with Crippen LogP contribution in [-0.4, -0.2) is 12.3 Å². The van der Waals surface area contributed by atoms with Crippen LogP contribution in [-0.2, 0) is 6.42 Å². The predicted molar refractivity (Wildman–Crippen MR) is 74.0 cm³/mol. The van der Waals surface area contributed by atoms with Crippen molar-refractivity contribution in [3.63, 3.8) is 0 Å². The van der Waals surface area contributed by atoms with E-state index >= 15 is 0 Å². The van der Waals surface area contributed by atoms with Crippen LogP contribution in [0.1, 0.15) is 21.5 Å². The van der Waals surface area contributed by atoms with Gasteiger partial charge in [0.1, 0.15) is 5.82 Å². The Morgan fingerprint density at radius 3 is 2.58 bits per heavy atom. The van der Waals surface area contributed by atoms with Gasteiger partial charge in [0.05, 0.1) is 10.6 Å². The van der Waals surface area contributed by atoms with Gasteiger partial charge in [0, 0.05) is 5.56 Å². The van der Waals surface area contributed by atoms with Gasteiger partial charge >= 0.3 is 0 Å². The molecule has 0 radical (unpaired) electrons. The molecule has 2 nitrogen and oxygen atoms in total. The molecule has 0 aliphatic rings. The molecule has 0 heterocycles. The first-order valence-corrected chi connectivity index (χ1v) is 6.29. The van der Waals surface area contributed by atoms with Crippen LogP contribution in [0.5, 0.6) is 0 Å². The Bertz CT molecular complexity index is 593. The van der Waals surface area contributed by atoms with E-state index in [0.29, 0.717) is 18.5 Å². The summed E-state index contributed by atoms with van der Waals surface area (Å²) in [7, 11) is 0. The zero-order chi connectivity index (χ0) is 13.8. The number of carbonyl (C=O) groups excluding carboxylic acids is 1. The summed E-state index contributed by atoms with van der Waals surface area (Å²) in [5.74, 6) is -1.02. The van der Waals surface area contributed by atoms with E-state index in [1.165, 1.54) is 18.2 Å². The standard InChI is InChI=1S/C15H13ClFNO/c16-12-6-3-7-13(17)14(12)15(19)11-5-2-1-4-10(11)8-9-18/h1-7H,8-9,18H2. The number of carbonyl (C=O) groups is 1. The second-order valence-corrected chi connectivity index (χ2v) is 4.53. The molecule has 0 unspecified atom stereocenters. The zero-order valence-electron chi connectivity index (χ0n) is 10.2. The van der Waals surface area contributed by atoms with E-state index < -0.39 is 11.6 Å². The molecule has 0 bridgehead atoms. The van der Waals surface area contributed by atoms with E-state index in [0.717, 1.165) is 5.56 Å². The van der Waals surface area contributed by atoms with Crippen molar-refractivity contribution in [1.82, 2.24) is 0 Å². The molecule has 2 N–H and O–H groups in total. The molecule has 2 aromatic carbocycles. The maximum Gasteiger partial charge on any atom is 0.197 e. The summed E-state index contributed by atoms with van der Waals surface area (Å²) in [4.78, 5) is 12.4. The highest BCUT2D eigenvalue weighted by molar-refractivity contribution is 6.35. The minimum absolute atomic E-state index is 0.0892. The van der Waals surface area contributed by atoms with E-state index in [9.17, 15) is 9.18 Å². The van der Waals surface area contributed by atoms with Gasteiger partial charge in [-0.2, -0.15) is 0 Å². The molecule has 0 atom stereocenters. The van der Waals surface area contributed by atoms with Crippen molar-refractivity contribution in [3.8, 4) is 0 Å². The molecule has 0 aliphatic heterocycles. The van der Waals surface area contributed by atoms with E-state index in [4.69, 9.17) is 17.3 Å². The van der Waals surface area contributed by atoms with Crippen molar-refractivity contribution in [2.75, 3.05) is 6.54 Å². The SMILES string of the molecule is NCCc1ccccc1C(=O)c1c(F)cccc1Cl. The van der Waals surface area contributed by atoms with Gasteiger partial charge in [-0.15, -0.1) is 0 Å². The Morgan fingerprint density at radius 2 is 1.89 bits per heavy atom. The number of hydrogen-bond donors (Lipinski definition) is 1. The lowest BCUT2D eigenvalue weighted by atomic mass is 9.96. The van der Waals surface area contributed by atoms with Crippen molar-refractivity contribution in [1.29, 1.82) is 0 Å². The average molecular weight is 278 g/mol. The van der Waals surface area contributed by atoms with Crippen LogP contribution in [0.2, 0.25) is 5.02 Å². The summed E-state index contributed by atoms with van der Waals surface area (Å²) in [6.07, 6.45) is 0.563. The molecule has 0 amide bonds. The summed E-state index contributed by atoms with van der Waals surface area (Å²) >= 11 is 5.92. The fraction of sp³-hybridized carbons (Fsp3) is 0.133. The second-order valence-electron chi connectivity index (χ2n) is 4.12. The van der Waals surface area contributed by atoms with Crippen LogP contribution < -0.4 is 5.73 Å². The molecule has 2 rings (SSSR count). The van der Waals surface area contributed by atoms with E-state index in [1.807, 2.05) is 12.1 Å². The number of benzene rings is 2. The quantitative estimate of drug-likeness (QED) is 0.872. The van der Waals surface area contributed by atoms with Crippen molar-refractivity contribution in [2.24, 2.45) is 5.73 Å². The lowest BCUT2D eigenvalue weighted by Crippen LogP contribution is -2.11. The van der Waals surface area contributed by atoms with Crippen LogP contribution in [0.4, 0.5) is 4.39 Å². The third kappa shape index (κ3) is 2.83. The highest BCUT2D eigenvalue weighted by Gasteiger charge is 2.19. The third-order valence-corrected chi connectivity index (χ3v) is 3.18. The molecule has 0 aliphatic carbocycles. The molecule has 0 saturated heterocycles. The van der Waals surface area contributed by atoms with Crippen molar-refractivity contribution < 1.29 is 9.18 Å². The average Bonchev–Trinajstić information content (AvgIpc) is 2.39. The number of nitrogens with two attached hydrogens (primary N) is 1. The molecule has 98 valence electrons. The van der Waals surface area contributed by atoms with Crippen LogP contribution >= 0.6 is 11.6 Å². The largest absolute Gasteiger partial charge is 0.330 e. The summed E-state index contributed by atoms with van der Waals surface area (Å²) in [6, 6.07) is 11.2. The minimum atomic E-state index is -0.611. The highest BCUT2D eigenvalue weighted by Crippen LogP contribution is 2.24. The number of hydrogen-bond acceptors (Lipinski definition) is 2. The lowest BCUT2D eigenvalue weighted by Gasteiger charge is -2.09. The van der Waals surface area contributed by atoms with Crippen LogP contribution in [0.25, 0.3) is 0 Å². The predicted octanol–water partition coefficient (Wildman–Crippen LogP) is 3.21. The topological polar surface area (TPSA) is 43.1 Å². The first-order chi connectivity index (χ1) is 9.15. The molecule has 0 saturated carbocycles. The first-order valence-electron chi connectivity index (χ1n) is 5.92. The summed E-state index contributed by atoms with van der Waals surface area (Å²) in [6.45, 7) is 0.426. The van der Waals surface area contributed by atoms with Crippen molar-refractivity contribution in [3.05, 3.63) is 70.0 Å². The van der Waals surface area contributed by atoms with Crippen LogP contribution in [0, 0.1) is 5.82 Å². The molecule has 0 spiro atoms. The van der Waals surface area contributed by atoms with Gasteiger partial charge in [0.2, 0.25) is 0 Å². The van der Waals surface area contributed by atoms with Crippen LogP contribution in [0.3, 0.4) is 0 Å². The second kappa shape index (κ2) is 5.95. The Hall–Kier alpha value is -1.71. The molecule has 19 heavy (non-hydrogen) atoms. The van der Waals surface area contributed by atoms with Crippen molar-refractivity contribution >= 4 is 17.4 Å². The number of halogens is 2. The number of rotatable bonds is 4. The smallest absolute Gasteiger partial charge is 0.197 e. The summed E-state index contributed by atoms with van der Waals surface area (Å²) in [5.41, 5.74) is 6.67. The van der Waals surface area contributed by atoms with E-state index in [1.54, 1.807) is 12.1 Å². The third-order valence-electron chi connectivity index (χ3n) is 2.87. The van der Waals surface area contributed by atoms with E-state index in [2.05, 4.69) is 0 Å². The zero-order valence-corrected chi connectivity index (χ0v) is 11.0. The van der Waals surface area contributed by atoms with Crippen LogP contribution in [0.15, 0.2) is 42.5 Å². The molecular formula is C15H13ClFNO. The number of ketones is 1. The maximum atomic E-state index is 13.8. The Morgan fingerprint density at radius 1 is 1.16 bits per heavy atom. The van der Waals surface area contributed by atoms with Gasteiger partial charge in [-0.05, 0) is 30.7 Å². The fourth-order valence-corrected chi connectivity index (χ4v) is 2.21. The molecule has 2 aromatic rings. The maximum absolute atomic E-state index is 13.8. The van der Waals surface area contributed by atoms with Gasteiger partial charge in [-0.1, -0.05) is 41.9 Å². The van der Waals surface area contributed by atoms with Gasteiger partial charge in [0.25, 0.3) is 0 Å². The summed E-state index contributed by atoms with van der Waals surface area (Å²) < 4.78 is 13.8. The molecule has 4 heteroatoms. The normalized spacial score (nSPS) is 10.5. The van der Waals surface area contributed by atoms with E-state index in [-0.39, 0.29) is 10.6 Å².